The summed E-state index contributed by atoms with van der Waals surface area (Å²) in [6, 6.07) is 12.8. The highest BCUT2D eigenvalue weighted by molar-refractivity contribution is 7.80. The Morgan fingerprint density at radius 3 is 2.26 bits per heavy atom. The number of piperazine rings is 1. The van der Waals surface area contributed by atoms with E-state index in [2.05, 4.69) is 68.7 Å². The number of anilines is 4. The summed E-state index contributed by atoms with van der Waals surface area (Å²) in [6.45, 7) is 9.72. The highest BCUT2D eigenvalue weighted by Gasteiger charge is 2.23. The summed E-state index contributed by atoms with van der Waals surface area (Å²) < 4.78 is 5.70. The first-order valence-electron chi connectivity index (χ1n) is 13.0. The van der Waals surface area contributed by atoms with Crippen LogP contribution in [-0.2, 0) is 4.74 Å². The van der Waals surface area contributed by atoms with E-state index in [0.29, 0.717) is 17.6 Å². The number of benzene rings is 1. The summed E-state index contributed by atoms with van der Waals surface area (Å²) in [5, 5.41) is 7.08. The van der Waals surface area contributed by atoms with Crippen molar-refractivity contribution in [3.05, 3.63) is 36.4 Å². The second-order valence-electron chi connectivity index (χ2n) is 9.86. The SMILES string of the molecule is CC1CCN(c2cc(N3CCN(c4ccccc4)CC3)nc(NC(=S)NCC3CCCO3)n2)CC1. The van der Waals surface area contributed by atoms with E-state index in [1.807, 2.05) is 0 Å². The van der Waals surface area contributed by atoms with Gasteiger partial charge in [-0.3, -0.25) is 0 Å². The zero-order valence-electron chi connectivity index (χ0n) is 20.7. The molecule has 1 atom stereocenters. The first kappa shape index (κ1) is 24.1. The van der Waals surface area contributed by atoms with Crippen LogP contribution < -0.4 is 25.3 Å². The summed E-state index contributed by atoms with van der Waals surface area (Å²) in [4.78, 5) is 16.9. The smallest absolute Gasteiger partial charge is 0.232 e. The van der Waals surface area contributed by atoms with Gasteiger partial charge in [-0.2, -0.15) is 9.97 Å². The fourth-order valence-electron chi connectivity index (χ4n) is 5.03. The molecule has 4 heterocycles. The lowest BCUT2D eigenvalue weighted by Crippen LogP contribution is -2.47. The van der Waals surface area contributed by atoms with E-state index >= 15 is 0 Å². The van der Waals surface area contributed by atoms with Crippen molar-refractivity contribution in [3.63, 3.8) is 0 Å². The van der Waals surface area contributed by atoms with Crippen LogP contribution in [0.15, 0.2) is 36.4 Å². The van der Waals surface area contributed by atoms with Crippen LogP contribution in [0.2, 0.25) is 0 Å². The molecule has 9 heteroatoms. The van der Waals surface area contributed by atoms with Crippen LogP contribution >= 0.6 is 12.2 Å². The second kappa shape index (κ2) is 11.4. The zero-order valence-corrected chi connectivity index (χ0v) is 21.5. The van der Waals surface area contributed by atoms with Crippen molar-refractivity contribution in [1.82, 2.24) is 15.3 Å². The van der Waals surface area contributed by atoms with Gasteiger partial charge in [0.15, 0.2) is 5.11 Å². The van der Waals surface area contributed by atoms with Gasteiger partial charge in [-0.25, -0.2) is 0 Å². The third-order valence-electron chi connectivity index (χ3n) is 7.27. The number of nitrogens with one attached hydrogen (secondary N) is 2. The predicted octanol–water partition coefficient (Wildman–Crippen LogP) is 3.50. The van der Waals surface area contributed by atoms with E-state index in [9.17, 15) is 0 Å². The highest BCUT2D eigenvalue weighted by atomic mass is 32.1. The molecule has 0 amide bonds. The Hall–Kier alpha value is -2.65. The molecule has 3 aliphatic heterocycles. The van der Waals surface area contributed by atoms with Gasteiger partial charge in [0.1, 0.15) is 11.6 Å². The minimum atomic E-state index is 0.230. The van der Waals surface area contributed by atoms with Crippen LogP contribution in [0.25, 0.3) is 0 Å². The predicted molar refractivity (Wildman–Crippen MR) is 147 cm³/mol. The Kier molecular flexibility index (Phi) is 7.83. The number of para-hydroxylation sites is 1. The number of nitrogens with zero attached hydrogens (tertiary/aromatic N) is 5. The van der Waals surface area contributed by atoms with E-state index in [4.69, 9.17) is 26.9 Å². The van der Waals surface area contributed by atoms with E-state index in [1.165, 1.54) is 18.5 Å². The molecular weight excluding hydrogens is 458 g/mol. The van der Waals surface area contributed by atoms with Gasteiger partial charge in [0.25, 0.3) is 0 Å². The van der Waals surface area contributed by atoms with Crippen molar-refractivity contribution >= 4 is 40.6 Å². The van der Waals surface area contributed by atoms with Crippen molar-refractivity contribution < 1.29 is 4.74 Å². The molecule has 5 rings (SSSR count). The van der Waals surface area contributed by atoms with Crippen molar-refractivity contribution in [1.29, 1.82) is 0 Å². The number of hydrogen-bond acceptors (Lipinski definition) is 7. The molecule has 2 aromatic rings. The maximum Gasteiger partial charge on any atom is 0.232 e. The number of hydrogen-bond donors (Lipinski definition) is 2. The standard InChI is InChI=1S/C26H37N7OS/c1-20-9-11-32(12-10-20)23-18-24(33-15-13-31(14-16-33)21-6-3-2-4-7-21)29-25(28-23)30-26(35)27-19-22-8-5-17-34-22/h2-4,6-7,18,20,22H,5,8-17,19H2,1H3,(H2,27,28,29,30,35). The molecule has 188 valence electrons. The molecular formula is C26H37N7OS. The van der Waals surface area contributed by atoms with E-state index in [1.54, 1.807) is 0 Å². The van der Waals surface area contributed by atoms with E-state index < -0.39 is 0 Å². The van der Waals surface area contributed by atoms with Crippen molar-refractivity contribution in [2.45, 2.75) is 38.7 Å². The van der Waals surface area contributed by atoms with Crippen LogP contribution in [-0.4, -0.2) is 73.6 Å². The minimum absolute atomic E-state index is 0.230. The van der Waals surface area contributed by atoms with Gasteiger partial charge >= 0.3 is 0 Å². The normalized spacial score (nSPS) is 21.3. The topological polar surface area (TPSA) is 68.8 Å². The fourth-order valence-corrected chi connectivity index (χ4v) is 5.20. The summed E-state index contributed by atoms with van der Waals surface area (Å²) >= 11 is 5.56. The third-order valence-corrected chi connectivity index (χ3v) is 7.52. The van der Waals surface area contributed by atoms with Gasteiger partial charge in [0.05, 0.1) is 6.10 Å². The molecule has 0 saturated carbocycles. The van der Waals surface area contributed by atoms with Crippen LogP contribution in [0.3, 0.4) is 0 Å². The van der Waals surface area contributed by atoms with Crippen molar-refractivity contribution in [2.75, 3.05) is 72.4 Å². The molecule has 1 aromatic carbocycles. The van der Waals surface area contributed by atoms with Gasteiger partial charge < -0.3 is 30.1 Å². The molecule has 0 spiro atoms. The lowest BCUT2D eigenvalue weighted by atomic mass is 9.99. The molecule has 3 aliphatic rings. The Morgan fingerprint density at radius 1 is 0.943 bits per heavy atom. The first-order valence-corrected chi connectivity index (χ1v) is 13.4. The van der Waals surface area contributed by atoms with E-state index in [-0.39, 0.29) is 6.10 Å². The Labute approximate surface area is 214 Å². The highest BCUT2D eigenvalue weighted by Crippen LogP contribution is 2.27. The van der Waals surface area contributed by atoms with Crippen LogP contribution in [0, 0.1) is 5.92 Å². The number of aromatic nitrogens is 2. The number of rotatable bonds is 6. The quantitative estimate of drug-likeness (QED) is 0.586. The first-order chi connectivity index (χ1) is 17.1. The molecule has 0 radical (unpaired) electrons. The van der Waals surface area contributed by atoms with Gasteiger partial charge in [0.2, 0.25) is 5.95 Å². The molecule has 0 bridgehead atoms. The van der Waals surface area contributed by atoms with Crippen molar-refractivity contribution in [2.24, 2.45) is 5.92 Å². The number of piperidine rings is 1. The Balaban J connectivity index is 1.28. The Morgan fingerprint density at radius 2 is 1.60 bits per heavy atom. The summed E-state index contributed by atoms with van der Waals surface area (Å²) in [6.07, 6.45) is 4.81. The van der Waals surface area contributed by atoms with E-state index in [0.717, 1.165) is 76.3 Å². The molecule has 3 fully saturated rings. The molecule has 1 aromatic heterocycles. The molecule has 0 aliphatic carbocycles. The summed E-state index contributed by atoms with van der Waals surface area (Å²) in [5.41, 5.74) is 1.28. The molecule has 2 N–H and O–H groups in total. The Bertz CT molecular complexity index is 969. The average molecular weight is 496 g/mol. The van der Waals surface area contributed by atoms with Crippen LogP contribution in [0.4, 0.5) is 23.3 Å². The molecule has 3 saturated heterocycles. The molecule has 8 nitrogen and oxygen atoms in total. The number of ether oxygens (including phenoxy) is 1. The minimum Gasteiger partial charge on any atom is -0.376 e. The lowest BCUT2D eigenvalue weighted by Gasteiger charge is -2.37. The van der Waals surface area contributed by atoms with Gasteiger partial charge in [0, 0.05) is 64.2 Å². The van der Waals surface area contributed by atoms with Crippen LogP contribution in [0.5, 0.6) is 0 Å². The molecule has 1 unspecified atom stereocenters. The van der Waals surface area contributed by atoms with Gasteiger partial charge in [-0.1, -0.05) is 25.1 Å². The second-order valence-corrected chi connectivity index (χ2v) is 10.3. The maximum atomic E-state index is 5.70. The van der Waals surface area contributed by atoms with Gasteiger partial charge in [-0.15, -0.1) is 0 Å². The monoisotopic (exact) mass is 495 g/mol. The zero-order chi connectivity index (χ0) is 24.0. The number of thiocarbonyl (C=S) groups is 1. The molecule has 35 heavy (non-hydrogen) atoms. The third kappa shape index (κ3) is 6.32. The summed E-state index contributed by atoms with van der Waals surface area (Å²) in [5.74, 6) is 3.28. The van der Waals surface area contributed by atoms with Gasteiger partial charge in [-0.05, 0) is 56.0 Å². The fraction of sp³-hybridized carbons (Fsp3) is 0.577. The lowest BCUT2D eigenvalue weighted by molar-refractivity contribution is 0.114. The summed E-state index contributed by atoms with van der Waals surface area (Å²) in [7, 11) is 0. The average Bonchev–Trinajstić information content (AvgIpc) is 3.42. The maximum absolute atomic E-state index is 5.70. The van der Waals surface area contributed by atoms with Crippen molar-refractivity contribution in [3.8, 4) is 0 Å². The largest absolute Gasteiger partial charge is 0.376 e. The van der Waals surface area contributed by atoms with Crippen LogP contribution in [0.1, 0.15) is 32.6 Å².